The Morgan fingerprint density at radius 1 is 1.43 bits per heavy atom. The number of carbonyl (C=O) groups excluding carboxylic acids is 1. The predicted octanol–water partition coefficient (Wildman–Crippen LogP) is 1.29. The van der Waals surface area contributed by atoms with Crippen LogP contribution in [0, 0.1) is 5.41 Å². The molecule has 0 aromatic heterocycles. The number of hydrogen-bond acceptors (Lipinski definition) is 2. The first-order chi connectivity index (χ1) is 6.50. The van der Waals surface area contributed by atoms with Crippen LogP contribution >= 0.6 is 0 Å². The minimum Gasteiger partial charge on any atom is -0.354 e. The lowest BCUT2D eigenvalue weighted by Crippen LogP contribution is -2.46. The molecule has 1 aliphatic heterocycles. The molecule has 0 bridgehead atoms. The number of piperidine rings is 1. The normalized spacial score (nSPS) is 23.2. The summed E-state index contributed by atoms with van der Waals surface area (Å²) in [7, 11) is 0. The second kappa shape index (κ2) is 4.78. The highest BCUT2D eigenvalue weighted by Gasteiger charge is 2.22. The maximum absolute atomic E-state index is 11.6. The van der Waals surface area contributed by atoms with Crippen molar-refractivity contribution < 1.29 is 4.79 Å². The smallest absolute Gasteiger partial charge is 0.225 e. The van der Waals surface area contributed by atoms with Gasteiger partial charge < -0.3 is 10.6 Å². The summed E-state index contributed by atoms with van der Waals surface area (Å²) in [6.07, 6.45) is 3.73. The quantitative estimate of drug-likeness (QED) is 0.702. The van der Waals surface area contributed by atoms with Crippen LogP contribution in [0.2, 0.25) is 0 Å². The Kier molecular flexibility index (Phi) is 3.93. The Morgan fingerprint density at radius 2 is 2.14 bits per heavy atom. The molecule has 14 heavy (non-hydrogen) atoms. The molecule has 3 nitrogen and oxygen atoms in total. The molecule has 1 amide bonds. The third-order valence-corrected chi connectivity index (χ3v) is 2.60. The van der Waals surface area contributed by atoms with Crippen molar-refractivity contribution in [1.82, 2.24) is 10.6 Å². The minimum atomic E-state index is -0.269. The molecule has 3 heteroatoms. The Morgan fingerprint density at radius 3 is 2.64 bits per heavy atom. The van der Waals surface area contributed by atoms with Gasteiger partial charge in [-0.05, 0) is 19.4 Å². The van der Waals surface area contributed by atoms with E-state index in [4.69, 9.17) is 0 Å². The van der Waals surface area contributed by atoms with E-state index in [1.54, 1.807) is 0 Å². The van der Waals surface area contributed by atoms with Crippen LogP contribution in [-0.2, 0) is 4.79 Å². The van der Waals surface area contributed by atoms with Gasteiger partial charge in [0.25, 0.3) is 0 Å². The molecular formula is C11H22N2O. The number of carbonyl (C=O) groups is 1. The van der Waals surface area contributed by atoms with Crippen LogP contribution in [0.4, 0.5) is 0 Å². The molecule has 1 heterocycles. The molecule has 0 saturated carbocycles. The number of nitrogens with one attached hydrogen (secondary N) is 2. The monoisotopic (exact) mass is 198 g/mol. The maximum atomic E-state index is 11.6. The van der Waals surface area contributed by atoms with Crippen LogP contribution in [0.5, 0.6) is 0 Å². The zero-order valence-corrected chi connectivity index (χ0v) is 9.52. The van der Waals surface area contributed by atoms with Gasteiger partial charge in [0.15, 0.2) is 0 Å². The summed E-state index contributed by atoms with van der Waals surface area (Å²) < 4.78 is 0. The fourth-order valence-electron chi connectivity index (χ4n) is 1.58. The molecule has 2 N–H and O–H groups in total. The second-order valence-corrected chi connectivity index (χ2v) is 5.11. The molecule has 0 aliphatic carbocycles. The van der Waals surface area contributed by atoms with Gasteiger partial charge in [-0.25, -0.2) is 0 Å². The van der Waals surface area contributed by atoms with E-state index < -0.39 is 0 Å². The average Bonchev–Trinajstić information content (AvgIpc) is 2.14. The molecule has 0 radical (unpaired) electrons. The number of amides is 1. The molecule has 0 unspecified atom stereocenters. The fraction of sp³-hybridized carbons (Fsp3) is 0.909. The van der Waals surface area contributed by atoms with Crippen LogP contribution in [0.3, 0.4) is 0 Å². The van der Waals surface area contributed by atoms with Gasteiger partial charge in [0, 0.05) is 18.0 Å². The molecule has 0 aromatic rings. The Hall–Kier alpha value is -0.570. The lowest BCUT2D eigenvalue weighted by molar-refractivity contribution is -0.128. The van der Waals surface area contributed by atoms with Gasteiger partial charge in [-0.3, -0.25) is 4.79 Å². The highest BCUT2D eigenvalue weighted by atomic mass is 16.2. The van der Waals surface area contributed by atoms with Crippen molar-refractivity contribution in [2.75, 3.05) is 13.1 Å². The van der Waals surface area contributed by atoms with Gasteiger partial charge in [-0.15, -0.1) is 0 Å². The summed E-state index contributed by atoms with van der Waals surface area (Å²) in [5.41, 5.74) is -0.269. The van der Waals surface area contributed by atoms with E-state index in [1.807, 2.05) is 20.8 Å². The van der Waals surface area contributed by atoms with E-state index in [0.717, 1.165) is 13.1 Å². The zero-order valence-electron chi connectivity index (χ0n) is 9.52. The van der Waals surface area contributed by atoms with E-state index in [1.165, 1.54) is 19.3 Å². The lowest BCUT2D eigenvalue weighted by atomic mass is 9.95. The van der Waals surface area contributed by atoms with Crippen molar-refractivity contribution in [2.45, 2.75) is 46.1 Å². The average molecular weight is 198 g/mol. The predicted molar refractivity (Wildman–Crippen MR) is 58.1 cm³/mol. The third kappa shape index (κ3) is 3.66. The topological polar surface area (TPSA) is 41.1 Å². The Bertz CT molecular complexity index is 190. The summed E-state index contributed by atoms with van der Waals surface area (Å²) >= 11 is 0. The number of rotatable bonds is 2. The molecule has 1 atom stereocenters. The summed E-state index contributed by atoms with van der Waals surface area (Å²) in [6.45, 7) is 7.69. The highest BCUT2D eigenvalue weighted by molar-refractivity contribution is 5.81. The van der Waals surface area contributed by atoms with Crippen molar-refractivity contribution >= 4 is 5.91 Å². The largest absolute Gasteiger partial charge is 0.354 e. The van der Waals surface area contributed by atoms with Gasteiger partial charge in [0.2, 0.25) is 5.91 Å². The van der Waals surface area contributed by atoms with Gasteiger partial charge in [-0.2, -0.15) is 0 Å². The van der Waals surface area contributed by atoms with E-state index in [-0.39, 0.29) is 11.3 Å². The summed E-state index contributed by atoms with van der Waals surface area (Å²) in [6, 6.07) is 0.482. The van der Waals surface area contributed by atoms with Gasteiger partial charge >= 0.3 is 0 Å². The molecule has 1 rings (SSSR count). The standard InChI is InChI=1S/C11H22N2O/c1-11(2,3)10(14)13-8-9-6-4-5-7-12-9/h9,12H,4-8H2,1-3H3,(H,13,14)/t9-/m0/s1. The van der Waals surface area contributed by atoms with Gasteiger partial charge in [0.1, 0.15) is 0 Å². The van der Waals surface area contributed by atoms with Crippen molar-refractivity contribution in [1.29, 1.82) is 0 Å². The minimum absolute atomic E-state index is 0.143. The lowest BCUT2D eigenvalue weighted by Gasteiger charge is -2.25. The van der Waals surface area contributed by atoms with Crippen LogP contribution in [0.1, 0.15) is 40.0 Å². The molecular weight excluding hydrogens is 176 g/mol. The van der Waals surface area contributed by atoms with E-state index >= 15 is 0 Å². The zero-order chi connectivity index (χ0) is 10.6. The van der Waals surface area contributed by atoms with Crippen LogP contribution in [-0.4, -0.2) is 25.0 Å². The highest BCUT2D eigenvalue weighted by Crippen LogP contribution is 2.13. The van der Waals surface area contributed by atoms with Crippen LogP contribution in [0.15, 0.2) is 0 Å². The van der Waals surface area contributed by atoms with E-state index in [0.29, 0.717) is 6.04 Å². The molecule has 1 aliphatic rings. The molecule has 82 valence electrons. The van der Waals surface area contributed by atoms with E-state index in [9.17, 15) is 4.79 Å². The second-order valence-electron chi connectivity index (χ2n) is 5.11. The van der Waals surface area contributed by atoms with E-state index in [2.05, 4.69) is 10.6 Å². The number of hydrogen-bond donors (Lipinski definition) is 2. The Balaban J connectivity index is 2.22. The molecule has 1 fully saturated rings. The van der Waals surface area contributed by atoms with Crippen molar-refractivity contribution in [3.63, 3.8) is 0 Å². The van der Waals surface area contributed by atoms with Gasteiger partial charge in [-0.1, -0.05) is 27.2 Å². The van der Waals surface area contributed by atoms with Crippen LogP contribution < -0.4 is 10.6 Å². The van der Waals surface area contributed by atoms with Gasteiger partial charge in [0.05, 0.1) is 0 Å². The van der Waals surface area contributed by atoms with Crippen LogP contribution in [0.25, 0.3) is 0 Å². The van der Waals surface area contributed by atoms with Crippen molar-refractivity contribution in [2.24, 2.45) is 5.41 Å². The summed E-state index contributed by atoms with van der Waals surface area (Å²) in [4.78, 5) is 11.6. The summed E-state index contributed by atoms with van der Waals surface area (Å²) in [5.74, 6) is 0.143. The fourth-order valence-corrected chi connectivity index (χ4v) is 1.58. The first kappa shape index (κ1) is 11.5. The third-order valence-electron chi connectivity index (χ3n) is 2.60. The first-order valence-corrected chi connectivity index (χ1v) is 5.52. The summed E-state index contributed by atoms with van der Waals surface area (Å²) in [5, 5.41) is 6.40. The molecule has 0 aromatic carbocycles. The Labute approximate surface area is 86.6 Å². The molecule has 0 spiro atoms. The van der Waals surface area contributed by atoms with Crippen molar-refractivity contribution in [3.05, 3.63) is 0 Å². The SMILES string of the molecule is CC(C)(C)C(=O)NC[C@@H]1CCCCN1. The maximum Gasteiger partial charge on any atom is 0.225 e. The first-order valence-electron chi connectivity index (χ1n) is 5.52. The molecule has 1 saturated heterocycles. The van der Waals surface area contributed by atoms with Crippen molar-refractivity contribution in [3.8, 4) is 0 Å².